The zero-order chi connectivity index (χ0) is 14.9. The van der Waals surface area contributed by atoms with Crippen molar-refractivity contribution in [1.29, 1.82) is 0 Å². The van der Waals surface area contributed by atoms with E-state index >= 15 is 0 Å². The number of hydrogen-bond acceptors (Lipinski definition) is 4. The van der Waals surface area contributed by atoms with Crippen molar-refractivity contribution in [2.75, 3.05) is 13.1 Å². The van der Waals surface area contributed by atoms with Gasteiger partial charge in [-0.25, -0.2) is 0 Å². The average molecular weight is 274 g/mol. The summed E-state index contributed by atoms with van der Waals surface area (Å²) in [6.07, 6.45) is 0. The summed E-state index contributed by atoms with van der Waals surface area (Å²) in [5.41, 5.74) is 2.65. The number of amides is 2. The molecule has 1 aromatic carbocycles. The number of imide groups is 1. The second-order valence-corrected chi connectivity index (χ2v) is 5.23. The number of nitrogens with one attached hydrogen (secondary N) is 1. The average Bonchev–Trinajstić information content (AvgIpc) is 2.35. The summed E-state index contributed by atoms with van der Waals surface area (Å²) in [5, 5.41) is 2.26. The van der Waals surface area contributed by atoms with Crippen LogP contribution in [0.5, 0.6) is 0 Å². The van der Waals surface area contributed by atoms with E-state index in [9.17, 15) is 14.4 Å². The molecule has 0 bridgehead atoms. The second kappa shape index (κ2) is 5.54. The van der Waals surface area contributed by atoms with Crippen LogP contribution in [0.4, 0.5) is 0 Å². The molecule has 1 fully saturated rings. The van der Waals surface area contributed by atoms with Crippen LogP contribution in [-0.4, -0.2) is 41.6 Å². The molecule has 5 heteroatoms. The van der Waals surface area contributed by atoms with Crippen LogP contribution < -0.4 is 5.32 Å². The molecule has 2 amide bonds. The van der Waals surface area contributed by atoms with Gasteiger partial charge in [-0.1, -0.05) is 23.8 Å². The Morgan fingerprint density at radius 2 is 2.05 bits per heavy atom. The summed E-state index contributed by atoms with van der Waals surface area (Å²) in [4.78, 5) is 36.9. The first-order chi connectivity index (χ1) is 9.38. The van der Waals surface area contributed by atoms with Gasteiger partial charge in [0.25, 0.3) is 0 Å². The minimum Gasteiger partial charge on any atom is -0.294 e. The molecule has 2 rings (SSSR count). The van der Waals surface area contributed by atoms with Crippen molar-refractivity contribution in [2.24, 2.45) is 0 Å². The molecule has 1 unspecified atom stereocenters. The Hall–Kier alpha value is -2.01. The highest BCUT2D eigenvalue weighted by atomic mass is 16.2. The Bertz CT molecular complexity index is 580. The van der Waals surface area contributed by atoms with Crippen LogP contribution in [-0.2, 0) is 9.59 Å². The number of ketones is 1. The summed E-state index contributed by atoms with van der Waals surface area (Å²) < 4.78 is 0. The largest absolute Gasteiger partial charge is 0.294 e. The lowest BCUT2D eigenvalue weighted by molar-refractivity contribution is -0.139. The molecule has 0 spiro atoms. The second-order valence-electron chi connectivity index (χ2n) is 5.23. The lowest BCUT2D eigenvalue weighted by Crippen LogP contribution is -2.57. The molecule has 0 radical (unpaired) electrons. The van der Waals surface area contributed by atoms with E-state index in [0.717, 1.165) is 11.1 Å². The molecular weight excluding hydrogens is 256 g/mol. The van der Waals surface area contributed by atoms with Crippen LogP contribution in [0.1, 0.15) is 28.4 Å². The number of piperazine rings is 1. The van der Waals surface area contributed by atoms with Crippen molar-refractivity contribution >= 4 is 17.6 Å². The van der Waals surface area contributed by atoms with E-state index in [4.69, 9.17) is 0 Å². The van der Waals surface area contributed by atoms with Gasteiger partial charge in [-0.2, -0.15) is 0 Å². The van der Waals surface area contributed by atoms with Gasteiger partial charge in [-0.05, 0) is 26.3 Å². The molecule has 1 heterocycles. The van der Waals surface area contributed by atoms with Crippen LogP contribution >= 0.6 is 0 Å². The highest BCUT2D eigenvalue weighted by Crippen LogP contribution is 2.13. The van der Waals surface area contributed by atoms with Gasteiger partial charge in [-0.3, -0.25) is 24.6 Å². The third-order valence-corrected chi connectivity index (χ3v) is 3.57. The first-order valence-electron chi connectivity index (χ1n) is 6.56. The predicted octanol–water partition coefficient (Wildman–Crippen LogP) is 0.833. The highest BCUT2D eigenvalue weighted by Gasteiger charge is 2.31. The van der Waals surface area contributed by atoms with Crippen molar-refractivity contribution in [3.63, 3.8) is 0 Å². The van der Waals surface area contributed by atoms with Crippen LogP contribution in [0.15, 0.2) is 18.2 Å². The van der Waals surface area contributed by atoms with E-state index < -0.39 is 6.04 Å². The standard InChI is InChI=1S/C15H18N2O3/c1-9-4-5-12(10(2)6-9)13(18)7-17-8-14(19)16-15(20)11(17)3/h4-6,11H,7-8H2,1-3H3,(H,16,19,20). The molecule has 1 saturated heterocycles. The van der Waals surface area contributed by atoms with Gasteiger partial charge in [0.15, 0.2) is 5.78 Å². The van der Waals surface area contributed by atoms with Gasteiger partial charge in [0.2, 0.25) is 11.8 Å². The topological polar surface area (TPSA) is 66.5 Å². The summed E-state index contributed by atoms with van der Waals surface area (Å²) in [6, 6.07) is 5.16. The maximum Gasteiger partial charge on any atom is 0.243 e. The van der Waals surface area contributed by atoms with Gasteiger partial charge in [0.05, 0.1) is 19.1 Å². The molecule has 1 aliphatic rings. The Kier molecular flexibility index (Phi) is 3.99. The fraction of sp³-hybridized carbons (Fsp3) is 0.400. The van der Waals surface area contributed by atoms with E-state index in [2.05, 4.69) is 5.32 Å². The first kappa shape index (κ1) is 14.4. The fourth-order valence-corrected chi connectivity index (χ4v) is 2.36. The van der Waals surface area contributed by atoms with Crippen molar-refractivity contribution in [1.82, 2.24) is 10.2 Å². The van der Waals surface area contributed by atoms with Crippen LogP contribution in [0, 0.1) is 13.8 Å². The molecule has 0 aliphatic carbocycles. The van der Waals surface area contributed by atoms with Gasteiger partial charge < -0.3 is 0 Å². The molecule has 1 atom stereocenters. The Morgan fingerprint density at radius 3 is 2.70 bits per heavy atom. The maximum atomic E-state index is 12.3. The summed E-state index contributed by atoms with van der Waals surface area (Å²) in [5.74, 6) is -0.784. The number of benzene rings is 1. The minimum atomic E-state index is -0.470. The molecule has 106 valence electrons. The Labute approximate surface area is 118 Å². The monoisotopic (exact) mass is 274 g/mol. The number of aryl methyl sites for hydroxylation is 2. The SMILES string of the molecule is Cc1ccc(C(=O)CN2CC(=O)NC(=O)C2C)c(C)c1. The smallest absolute Gasteiger partial charge is 0.243 e. The Balaban J connectivity index is 2.14. The minimum absolute atomic E-state index is 0.0724. The number of rotatable bonds is 3. The summed E-state index contributed by atoms with van der Waals surface area (Å²) >= 11 is 0. The van der Waals surface area contributed by atoms with E-state index in [1.54, 1.807) is 17.9 Å². The quantitative estimate of drug-likeness (QED) is 0.655. The van der Waals surface area contributed by atoms with Crippen molar-refractivity contribution in [3.05, 3.63) is 34.9 Å². The first-order valence-corrected chi connectivity index (χ1v) is 6.56. The van der Waals surface area contributed by atoms with Gasteiger partial charge >= 0.3 is 0 Å². The van der Waals surface area contributed by atoms with Crippen molar-refractivity contribution in [3.8, 4) is 0 Å². The molecule has 1 N–H and O–H groups in total. The number of carbonyl (C=O) groups is 3. The fourth-order valence-electron chi connectivity index (χ4n) is 2.36. The molecule has 0 saturated carbocycles. The van der Waals surface area contributed by atoms with Crippen LogP contribution in [0.3, 0.4) is 0 Å². The van der Waals surface area contributed by atoms with Gasteiger partial charge in [0, 0.05) is 5.56 Å². The lowest BCUT2D eigenvalue weighted by Gasteiger charge is -2.30. The van der Waals surface area contributed by atoms with E-state index in [1.165, 1.54) is 0 Å². The summed E-state index contributed by atoms with van der Waals surface area (Å²) in [6.45, 7) is 5.69. The van der Waals surface area contributed by atoms with E-state index in [0.29, 0.717) is 5.56 Å². The normalized spacial score (nSPS) is 19.9. The highest BCUT2D eigenvalue weighted by molar-refractivity contribution is 6.03. The predicted molar refractivity (Wildman–Crippen MR) is 74.4 cm³/mol. The molecule has 20 heavy (non-hydrogen) atoms. The zero-order valence-electron chi connectivity index (χ0n) is 11.9. The van der Waals surface area contributed by atoms with Gasteiger partial charge in [0.1, 0.15) is 0 Å². The Morgan fingerprint density at radius 1 is 1.35 bits per heavy atom. The van der Waals surface area contributed by atoms with Crippen LogP contribution in [0.25, 0.3) is 0 Å². The number of hydrogen-bond donors (Lipinski definition) is 1. The molecular formula is C15H18N2O3. The number of nitrogens with zero attached hydrogens (tertiary/aromatic N) is 1. The third kappa shape index (κ3) is 2.93. The number of carbonyl (C=O) groups excluding carboxylic acids is 3. The maximum absolute atomic E-state index is 12.3. The zero-order valence-corrected chi connectivity index (χ0v) is 11.9. The number of Topliss-reactive ketones (excluding diaryl/α,β-unsaturated/α-hetero) is 1. The lowest BCUT2D eigenvalue weighted by atomic mass is 10.0. The van der Waals surface area contributed by atoms with Crippen LogP contribution in [0.2, 0.25) is 0 Å². The van der Waals surface area contributed by atoms with E-state index in [-0.39, 0.29) is 30.7 Å². The van der Waals surface area contributed by atoms with Gasteiger partial charge in [-0.15, -0.1) is 0 Å². The molecule has 5 nitrogen and oxygen atoms in total. The van der Waals surface area contributed by atoms with Crippen molar-refractivity contribution in [2.45, 2.75) is 26.8 Å². The molecule has 0 aromatic heterocycles. The molecule has 1 aliphatic heterocycles. The van der Waals surface area contributed by atoms with E-state index in [1.807, 2.05) is 26.0 Å². The van der Waals surface area contributed by atoms with Crippen molar-refractivity contribution < 1.29 is 14.4 Å². The third-order valence-electron chi connectivity index (χ3n) is 3.57. The summed E-state index contributed by atoms with van der Waals surface area (Å²) in [7, 11) is 0. The molecule has 1 aromatic rings.